The van der Waals surface area contributed by atoms with E-state index in [2.05, 4.69) is 21.2 Å². The number of hydrogen-bond acceptors (Lipinski definition) is 2. The Bertz CT molecular complexity index is 802. The number of nitrogens with one attached hydrogen (secondary N) is 1. The molecule has 1 atom stereocenters. The van der Waals surface area contributed by atoms with Crippen LogP contribution in [0.15, 0.2) is 51.4 Å². The van der Waals surface area contributed by atoms with E-state index in [9.17, 15) is 4.39 Å². The molecule has 0 saturated heterocycles. The summed E-state index contributed by atoms with van der Waals surface area (Å²) in [6, 6.07) is 11.7. The largest absolute Gasteiger partial charge is 0.459 e. The molecule has 0 aliphatic carbocycles. The maximum Gasteiger partial charge on any atom is 0.134 e. The average molecular weight is 369 g/mol. The van der Waals surface area contributed by atoms with Gasteiger partial charge in [-0.25, -0.2) is 4.39 Å². The molecular formula is C16H12BrClFNO. The quantitative estimate of drug-likeness (QED) is 0.679. The van der Waals surface area contributed by atoms with Crippen molar-refractivity contribution in [1.82, 2.24) is 5.32 Å². The van der Waals surface area contributed by atoms with Gasteiger partial charge < -0.3 is 9.73 Å². The van der Waals surface area contributed by atoms with E-state index in [1.807, 2.05) is 25.2 Å². The molecule has 0 aliphatic rings. The van der Waals surface area contributed by atoms with Crippen molar-refractivity contribution in [1.29, 1.82) is 0 Å². The highest BCUT2D eigenvalue weighted by atomic mass is 79.9. The highest BCUT2D eigenvalue weighted by Gasteiger charge is 2.20. The summed E-state index contributed by atoms with van der Waals surface area (Å²) < 4.78 is 20.2. The summed E-state index contributed by atoms with van der Waals surface area (Å²) in [6.45, 7) is 0. The monoisotopic (exact) mass is 367 g/mol. The van der Waals surface area contributed by atoms with Crippen molar-refractivity contribution in [2.45, 2.75) is 6.04 Å². The van der Waals surface area contributed by atoms with Gasteiger partial charge in [-0.1, -0.05) is 27.5 Å². The predicted molar refractivity (Wildman–Crippen MR) is 86.2 cm³/mol. The Morgan fingerprint density at radius 2 is 2.00 bits per heavy atom. The SMILES string of the molecule is CNC(c1cc2cc(Cl)ccc2o1)c1cc(F)ccc1Br. The molecular weight excluding hydrogens is 357 g/mol. The maximum atomic E-state index is 13.5. The minimum atomic E-state index is -0.285. The number of benzene rings is 2. The first kappa shape index (κ1) is 14.6. The summed E-state index contributed by atoms with van der Waals surface area (Å²) in [7, 11) is 1.81. The Morgan fingerprint density at radius 3 is 2.76 bits per heavy atom. The topological polar surface area (TPSA) is 25.2 Å². The summed E-state index contributed by atoms with van der Waals surface area (Å²) in [5, 5.41) is 4.73. The molecule has 1 heterocycles. The zero-order valence-corrected chi connectivity index (χ0v) is 13.5. The molecule has 1 N–H and O–H groups in total. The molecule has 21 heavy (non-hydrogen) atoms. The Kier molecular flexibility index (Phi) is 4.02. The molecule has 0 spiro atoms. The van der Waals surface area contributed by atoms with Crippen molar-refractivity contribution in [3.8, 4) is 0 Å². The van der Waals surface area contributed by atoms with Crippen molar-refractivity contribution < 1.29 is 8.81 Å². The lowest BCUT2D eigenvalue weighted by Crippen LogP contribution is -2.17. The van der Waals surface area contributed by atoms with Crippen molar-refractivity contribution in [2.24, 2.45) is 0 Å². The third kappa shape index (κ3) is 2.84. The van der Waals surface area contributed by atoms with Crippen LogP contribution in [0.1, 0.15) is 17.4 Å². The van der Waals surface area contributed by atoms with E-state index >= 15 is 0 Å². The number of fused-ring (bicyclic) bond motifs is 1. The van der Waals surface area contributed by atoms with Crippen LogP contribution < -0.4 is 5.32 Å². The first-order valence-corrected chi connectivity index (χ1v) is 7.57. The molecule has 5 heteroatoms. The fraction of sp³-hybridized carbons (Fsp3) is 0.125. The number of rotatable bonds is 3. The van der Waals surface area contributed by atoms with Crippen molar-refractivity contribution in [2.75, 3.05) is 7.05 Å². The summed E-state index contributed by atoms with van der Waals surface area (Å²) in [5.74, 6) is 0.425. The van der Waals surface area contributed by atoms with Crippen LogP contribution in [0.3, 0.4) is 0 Å². The van der Waals surface area contributed by atoms with Crippen LogP contribution in [-0.2, 0) is 0 Å². The Hall–Kier alpha value is -1.36. The van der Waals surface area contributed by atoms with E-state index in [1.54, 1.807) is 12.1 Å². The zero-order valence-electron chi connectivity index (χ0n) is 11.2. The molecule has 0 bridgehead atoms. The van der Waals surface area contributed by atoms with Crippen LogP contribution in [0.4, 0.5) is 4.39 Å². The second-order valence-corrected chi connectivity index (χ2v) is 6.01. The molecule has 2 aromatic carbocycles. The molecule has 2 nitrogen and oxygen atoms in total. The van der Waals surface area contributed by atoms with Gasteiger partial charge in [-0.05, 0) is 55.1 Å². The summed E-state index contributed by atoms with van der Waals surface area (Å²) in [5.41, 5.74) is 1.53. The molecule has 0 fully saturated rings. The lowest BCUT2D eigenvalue weighted by atomic mass is 10.0. The lowest BCUT2D eigenvalue weighted by molar-refractivity contribution is 0.489. The highest BCUT2D eigenvalue weighted by Crippen LogP contribution is 2.33. The van der Waals surface area contributed by atoms with Crippen LogP contribution in [-0.4, -0.2) is 7.05 Å². The molecule has 3 rings (SSSR count). The van der Waals surface area contributed by atoms with E-state index in [0.717, 1.165) is 21.0 Å². The van der Waals surface area contributed by atoms with Gasteiger partial charge in [0.25, 0.3) is 0 Å². The Morgan fingerprint density at radius 1 is 1.19 bits per heavy atom. The Balaban J connectivity index is 2.11. The van der Waals surface area contributed by atoms with E-state index in [1.165, 1.54) is 12.1 Å². The molecule has 1 unspecified atom stereocenters. The normalized spacial score (nSPS) is 12.8. The van der Waals surface area contributed by atoms with E-state index < -0.39 is 0 Å². The number of furan rings is 1. The zero-order chi connectivity index (χ0) is 15.0. The van der Waals surface area contributed by atoms with Crippen molar-refractivity contribution >= 4 is 38.5 Å². The molecule has 3 aromatic rings. The van der Waals surface area contributed by atoms with Gasteiger partial charge >= 0.3 is 0 Å². The van der Waals surface area contributed by atoms with Gasteiger partial charge in [-0.15, -0.1) is 0 Å². The van der Waals surface area contributed by atoms with E-state index in [0.29, 0.717) is 10.8 Å². The van der Waals surface area contributed by atoms with Crippen LogP contribution in [0.25, 0.3) is 11.0 Å². The first-order chi connectivity index (χ1) is 10.1. The first-order valence-electron chi connectivity index (χ1n) is 6.39. The van der Waals surface area contributed by atoms with Gasteiger partial charge in [-0.2, -0.15) is 0 Å². The fourth-order valence-corrected chi connectivity index (χ4v) is 3.02. The van der Waals surface area contributed by atoms with Gasteiger partial charge in [0, 0.05) is 14.9 Å². The molecule has 1 aromatic heterocycles. The molecule has 0 saturated carbocycles. The minimum Gasteiger partial charge on any atom is -0.459 e. The minimum absolute atomic E-state index is 0.249. The van der Waals surface area contributed by atoms with Gasteiger partial charge in [0.05, 0.1) is 6.04 Å². The summed E-state index contributed by atoms with van der Waals surface area (Å²) >= 11 is 9.45. The van der Waals surface area contributed by atoms with Gasteiger partial charge in [-0.3, -0.25) is 0 Å². The van der Waals surface area contributed by atoms with E-state index in [4.69, 9.17) is 16.0 Å². The molecule has 108 valence electrons. The summed E-state index contributed by atoms with van der Waals surface area (Å²) in [4.78, 5) is 0. The second-order valence-electron chi connectivity index (χ2n) is 4.72. The average Bonchev–Trinajstić information content (AvgIpc) is 2.86. The highest BCUT2D eigenvalue weighted by molar-refractivity contribution is 9.10. The molecule has 0 amide bonds. The predicted octanol–water partition coefficient (Wildman–Crippen LogP) is 5.30. The second kappa shape index (κ2) is 5.79. The maximum absolute atomic E-state index is 13.5. The van der Waals surface area contributed by atoms with Gasteiger partial charge in [0.15, 0.2) is 0 Å². The van der Waals surface area contributed by atoms with Crippen LogP contribution in [0.5, 0.6) is 0 Å². The van der Waals surface area contributed by atoms with Gasteiger partial charge in [0.2, 0.25) is 0 Å². The van der Waals surface area contributed by atoms with E-state index in [-0.39, 0.29) is 11.9 Å². The molecule has 0 aliphatic heterocycles. The Labute approximate surface area is 135 Å². The fourth-order valence-electron chi connectivity index (χ4n) is 2.36. The third-order valence-electron chi connectivity index (χ3n) is 3.34. The smallest absolute Gasteiger partial charge is 0.134 e. The number of hydrogen-bond donors (Lipinski definition) is 1. The summed E-state index contributed by atoms with van der Waals surface area (Å²) in [6.07, 6.45) is 0. The van der Waals surface area contributed by atoms with Crippen molar-refractivity contribution in [3.63, 3.8) is 0 Å². The molecule has 0 radical (unpaired) electrons. The number of halogens is 3. The van der Waals surface area contributed by atoms with Crippen LogP contribution in [0.2, 0.25) is 5.02 Å². The van der Waals surface area contributed by atoms with Crippen LogP contribution >= 0.6 is 27.5 Å². The lowest BCUT2D eigenvalue weighted by Gasteiger charge is -2.15. The third-order valence-corrected chi connectivity index (χ3v) is 4.30. The van der Waals surface area contributed by atoms with Crippen molar-refractivity contribution in [3.05, 3.63) is 69.1 Å². The standard InChI is InChI=1S/C16H12BrClFNO/c1-20-16(12-8-11(19)3-4-13(12)17)15-7-9-6-10(18)2-5-14(9)21-15/h2-8,16,20H,1H3. The van der Waals surface area contributed by atoms with Crippen LogP contribution in [0, 0.1) is 5.82 Å². The van der Waals surface area contributed by atoms with Gasteiger partial charge in [0.1, 0.15) is 17.2 Å².